The number of rotatable bonds is 13. The number of carbonyl (C=O) groups is 2. The number of hydrogen-bond donors (Lipinski definition) is 3. The normalized spacial score (nSPS) is 11.3. The molecule has 0 bridgehead atoms. The Balaban J connectivity index is 1.37. The molecule has 0 spiro atoms. The number of nitrogens with one attached hydrogen (secondary N) is 3. The Morgan fingerprint density at radius 3 is 2.20 bits per heavy atom. The third kappa shape index (κ3) is 9.51. The molecule has 9 nitrogen and oxygen atoms in total. The molecule has 242 valence electrons. The van der Waals surface area contributed by atoms with Crippen molar-refractivity contribution in [3.8, 4) is 17.0 Å². The summed E-state index contributed by atoms with van der Waals surface area (Å²) in [6.45, 7) is 11.3. The second-order valence-corrected chi connectivity index (χ2v) is 10.6. The highest BCUT2D eigenvalue weighted by Crippen LogP contribution is 2.28. The first-order valence-electron chi connectivity index (χ1n) is 14.9. The number of hydrogen-bond acceptors (Lipinski definition) is 7. The average molecular weight is 635 g/mol. The van der Waals surface area contributed by atoms with Crippen molar-refractivity contribution in [3.05, 3.63) is 95.2 Å². The van der Waals surface area contributed by atoms with Gasteiger partial charge in [-0.15, -0.1) is 13.2 Å². The van der Waals surface area contributed by atoms with E-state index in [9.17, 15) is 22.8 Å². The maximum absolute atomic E-state index is 13.1. The fourth-order valence-electron chi connectivity index (χ4n) is 4.68. The maximum Gasteiger partial charge on any atom is 0.573 e. The van der Waals surface area contributed by atoms with Gasteiger partial charge in [0, 0.05) is 40.8 Å². The number of anilines is 3. The molecular weight excluding hydrogens is 597 g/mol. The molecule has 3 aromatic carbocycles. The summed E-state index contributed by atoms with van der Waals surface area (Å²) >= 11 is 0. The van der Waals surface area contributed by atoms with Crippen molar-refractivity contribution in [2.45, 2.75) is 40.5 Å². The topological polar surface area (TPSA) is 108 Å². The maximum atomic E-state index is 13.1. The van der Waals surface area contributed by atoms with Crippen LogP contribution in [0.3, 0.4) is 0 Å². The van der Waals surface area contributed by atoms with Crippen molar-refractivity contribution >= 4 is 29.1 Å². The zero-order chi connectivity index (χ0) is 33.3. The van der Waals surface area contributed by atoms with E-state index in [4.69, 9.17) is 0 Å². The molecule has 0 radical (unpaired) electrons. The van der Waals surface area contributed by atoms with Gasteiger partial charge in [-0.3, -0.25) is 9.59 Å². The van der Waals surface area contributed by atoms with Crippen molar-refractivity contribution in [2.75, 3.05) is 36.8 Å². The number of aromatic nitrogens is 2. The largest absolute Gasteiger partial charge is 0.573 e. The fraction of sp³-hybridized carbons (Fsp3) is 0.294. The molecule has 0 fully saturated rings. The number of benzene rings is 3. The standard InChI is InChI=1S/C34H37F3N6O3/c1-5-43(6-2)19-7-18-38-31(44)26-9-8-22(3)29(20-26)41-32(45)25-10-14-27(15-11-25)40-33-39-21-23(4)30(42-33)24-12-16-28(17-13-24)46-34(35,36)37/h8-17,20-21H,5-7,18-19H2,1-4H3,(H,38,44)(H,41,45)(H,39,40,42). The average Bonchev–Trinajstić information content (AvgIpc) is 3.03. The summed E-state index contributed by atoms with van der Waals surface area (Å²) in [5.41, 5.74) is 4.72. The molecular formula is C34H37F3N6O3. The highest BCUT2D eigenvalue weighted by Gasteiger charge is 2.31. The minimum Gasteiger partial charge on any atom is -0.406 e. The summed E-state index contributed by atoms with van der Waals surface area (Å²) < 4.78 is 41.5. The highest BCUT2D eigenvalue weighted by atomic mass is 19.4. The molecule has 0 saturated heterocycles. The number of aryl methyl sites for hydroxylation is 2. The lowest BCUT2D eigenvalue weighted by Crippen LogP contribution is -2.30. The second kappa shape index (κ2) is 15.3. The quantitative estimate of drug-likeness (QED) is 0.135. The molecule has 12 heteroatoms. The monoisotopic (exact) mass is 634 g/mol. The van der Waals surface area contributed by atoms with Gasteiger partial charge in [0.1, 0.15) is 5.75 Å². The molecule has 0 aliphatic heterocycles. The second-order valence-electron chi connectivity index (χ2n) is 10.6. The molecule has 0 saturated carbocycles. The van der Waals surface area contributed by atoms with Crippen LogP contribution in [0, 0.1) is 13.8 Å². The summed E-state index contributed by atoms with van der Waals surface area (Å²) in [6.07, 6.45) is -2.31. The Morgan fingerprint density at radius 2 is 1.54 bits per heavy atom. The van der Waals surface area contributed by atoms with Gasteiger partial charge in [0.15, 0.2) is 0 Å². The van der Waals surface area contributed by atoms with Crippen LogP contribution < -0.4 is 20.7 Å². The van der Waals surface area contributed by atoms with Crippen LogP contribution in [0.15, 0.2) is 72.9 Å². The Kier molecular flexibility index (Phi) is 11.3. The predicted molar refractivity (Wildman–Crippen MR) is 172 cm³/mol. The summed E-state index contributed by atoms with van der Waals surface area (Å²) in [5, 5.41) is 8.93. The van der Waals surface area contributed by atoms with E-state index in [1.807, 2.05) is 6.92 Å². The Bertz CT molecular complexity index is 1640. The zero-order valence-electron chi connectivity index (χ0n) is 26.2. The van der Waals surface area contributed by atoms with Crippen LogP contribution in [0.5, 0.6) is 5.75 Å². The molecule has 0 aliphatic rings. The molecule has 4 rings (SSSR count). The number of amides is 2. The molecule has 0 atom stereocenters. The van der Waals surface area contributed by atoms with E-state index in [1.54, 1.807) is 55.6 Å². The van der Waals surface area contributed by atoms with Gasteiger partial charge in [-0.05, 0) is 112 Å². The van der Waals surface area contributed by atoms with Crippen molar-refractivity contribution in [2.24, 2.45) is 0 Å². The lowest BCUT2D eigenvalue weighted by Gasteiger charge is -2.17. The van der Waals surface area contributed by atoms with Gasteiger partial charge < -0.3 is 25.6 Å². The van der Waals surface area contributed by atoms with Crippen LogP contribution in [0.2, 0.25) is 0 Å². The van der Waals surface area contributed by atoms with Crippen LogP contribution in [0.25, 0.3) is 11.3 Å². The molecule has 0 aliphatic carbocycles. The van der Waals surface area contributed by atoms with E-state index in [0.717, 1.165) is 37.2 Å². The van der Waals surface area contributed by atoms with E-state index in [-0.39, 0.29) is 23.5 Å². The van der Waals surface area contributed by atoms with E-state index in [2.05, 4.69) is 49.4 Å². The SMILES string of the molecule is CCN(CC)CCCNC(=O)c1ccc(C)c(NC(=O)c2ccc(Nc3ncc(C)c(-c4ccc(OC(F)(F)F)cc4)n3)cc2)c1. The first-order valence-corrected chi connectivity index (χ1v) is 14.9. The van der Waals surface area contributed by atoms with Crippen molar-refractivity contribution in [1.82, 2.24) is 20.2 Å². The fourth-order valence-corrected chi connectivity index (χ4v) is 4.68. The van der Waals surface area contributed by atoms with Gasteiger partial charge in [0.05, 0.1) is 5.69 Å². The van der Waals surface area contributed by atoms with Gasteiger partial charge in [0.2, 0.25) is 5.95 Å². The van der Waals surface area contributed by atoms with Crippen LogP contribution in [-0.4, -0.2) is 59.2 Å². The number of ether oxygens (including phenoxy) is 1. The smallest absolute Gasteiger partial charge is 0.406 e. The van der Waals surface area contributed by atoms with Gasteiger partial charge in [-0.25, -0.2) is 9.97 Å². The molecule has 3 N–H and O–H groups in total. The number of alkyl halides is 3. The van der Waals surface area contributed by atoms with Gasteiger partial charge >= 0.3 is 6.36 Å². The summed E-state index contributed by atoms with van der Waals surface area (Å²) in [5.74, 6) is -0.583. The van der Waals surface area contributed by atoms with Crippen molar-refractivity contribution in [1.29, 1.82) is 0 Å². The molecule has 2 amide bonds. The predicted octanol–water partition coefficient (Wildman–Crippen LogP) is 7.12. The van der Waals surface area contributed by atoms with Gasteiger partial charge in [0.25, 0.3) is 11.8 Å². The van der Waals surface area contributed by atoms with Crippen LogP contribution in [0.1, 0.15) is 52.1 Å². The van der Waals surface area contributed by atoms with Crippen LogP contribution in [-0.2, 0) is 0 Å². The van der Waals surface area contributed by atoms with E-state index in [1.165, 1.54) is 24.3 Å². The molecule has 0 unspecified atom stereocenters. The summed E-state index contributed by atoms with van der Waals surface area (Å²) in [4.78, 5) is 36.9. The Morgan fingerprint density at radius 1 is 0.870 bits per heavy atom. The van der Waals surface area contributed by atoms with E-state index >= 15 is 0 Å². The number of nitrogens with zero attached hydrogens (tertiary/aromatic N) is 3. The van der Waals surface area contributed by atoms with Gasteiger partial charge in [-0.1, -0.05) is 19.9 Å². The molecule has 4 aromatic rings. The highest BCUT2D eigenvalue weighted by molar-refractivity contribution is 6.05. The van der Waals surface area contributed by atoms with Crippen LogP contribution in [0.4, 0.5) is 30.5 Å². The van der Waals surface area contributed by atoms with Gasteiger partial charge in [-0.2, -0.15) is 0 Å². The lowest BCUT2D eigenvalue weighted by molar-refractivity contribution is -0.274. The Hall–Kier alpha value is -4.97. The molecule has 1 heterocycles. The first-order chi connectivity index (χ1) is 22.0. The van der Waals surface area contributed by atoms with Crippen LogP contribution >= 0.6 is 0 Å². The van der Waals surface area contributed by atoms with Crippen molar-refractivity contribution < 1.29 is 27.5 Å². The lowest BCUT2D eigenvalue weighted by atomic mass is 10.1. The third-order valence-corrected chi connectivity index (χ3v) is 7.32. The Labute approximate surface area is 266 Å². The van der Waals surface area contributed by atoms with Crippen molar-refractivity contribution in [3.63, 3.8) is 0 Å². The minimum absolute atomic E-state index is 0.195. The summed E-state index contributed by atoms with van der Waals surface area (Å²) in [7, 11) is 0. The van der Waals surface area contributed by atoms with E-state index in [0.29, 0.717) is 40.3 Å². The first kappa shape index (κ1) is 33.9. The number of carbonyl (C=O) groups excluding carboxylic acids is 2. The zero-order valence-corrected chi connectivity index (χ0v) is 26.2. The molecule has 46 heavy (non-hydrogen) atoms. The minimum atomic E-state index is -4.77. The summed E-state index contributed by atoms with van der Waals surface area (Å²) in [6, 6.07) is 17.3. The van der Waals surface area contributed by atoms with E-state index < -0.39 is 6.36 Å². The third-order valence-electron chi connectivity index (χ3n) is 7.32. The molecule has 1 aromatic heterocycles. The number of halogens is 3.